The number of alkyl halides is 3. The van der Waals surface area contributed by atoms with E-state index in [-0.39, 0.29) is 29.2 Å². The van der Waals surface area contributed by atoms with Gasteiger partial charge in [-0.3, -0.25) is 14.4 Å². The Labute approximate surface area is 192 Å². The Morgan fingerprint density at radius 3 is 2.41 bits per heavy atom. The highest BCUT2D eigenvalue weighted by molar-refractivity contribution is 7.89. The minimum absolute atomic E-state index is 0.00357. The Kier molecular flexibility index (Phi) is 6.98. The fraction of sp³-hybridized carbons (Fsp3) is 0.286. The van der Waals surface area contributed by atoms with Crippen LogP contribution in [0.5, 0.6) is 0 Å². The summed E-state index contributed by atoms with van der Waals surface area (Å²) in [6, 6.07) is 9.17. The molecule has 3 rings (SSSR count). The van der Waals surface area contributed by atoms with Crippen molar-refractivity contribution in [3.63, 3.8) is 0 Å². The topological polar surface area (TPSA) is 136 Å². The van der Waals surface area contributed by atoms with E-state index in [2.05, 4.69) is 5.32 Å². The second-order valence-corrected chi connectivity index (χ2v) is 9.15. The number of benzene rings is 2. The highest BCUT2D eigenvalue weighted by Gasteiger charge is 2.38. The van der Waals surface area contributed by atoms with Gasteiger partial charge in [0.25, 0.3) is 5.91 Å². The summed E-state index contributed by atoms with van der Waals surface area (Å²) in [6.45, 7) is 1.11. The molecule has 1 saturated heterocycles. The third-order valence-corrected chi connectivity index (χ3v) is 5.99. The maximum Gasteiger partial charge on any atom is 0.416 e. The van der Waals surface area contributed by atoms with Gasteiger partial charge in [-0.05, 0) is 49.4 Å². The van der Waals surface area contributed by atoms with Gasteiger partial charge >= 0.3 is 12.1 Å². The van der Waals surface area contributed by atoms with E-state index in [1.54, 1.807) is 0 Å². The van der Waals surface area contributed by atoms with Crippen molar-refractivity contribution in [1.82, 2.24) is 0 Å². The molecule has 1 heterocycles. The summed E-state index contributed by atoms with van der Waals surface area (Å²) >= 11 is 0. The van der Waals surface area contributed by atoms with E-state index in [1.807, 2.05) is 0 Å². The number of primary sulfonamides is 1. The lowest BCUT2D eigenvalue weighted by Gasteiger charge is -2.19. The highest BCUT2D eigenvalue weighted by Crippen LogP contribution is 2.33. The summed E-state index contributed by atoms with van der Waals surface area (Å²) in [5.74, 6) is -3.08. The van der Waals surface area contributed by atoms with Gasteiger partial charge in [0.05, 0.1) is 16.4 Å². The van der Waals surface area contributed by atoms with Gasteiger partial charge in [-0.15, -0.1) is 0 Å². The molecule has 2 atom stereocenters. The second kappa shape index (κ2) is 9.43. The average molecular weight is 499 g/mol. The number of nitrogens with zero attached hydrogens (tertiary/aromatic N) is 1. The van der Waals surface area contributed by atoms with Crippen molar-refractivity contribution in [1.29, 1.82) is 0 Å². The molecule has 2 amide bonds. The van der Waals surface area contributed by atoms with Crippen molar-refractivity contribution in [3.8, 4) is 0 Å². The van der Waals surface area contributed by atoms with Crippen molar-refractivity contribution >= 4 is 39.2 Å². The smallest absolute Gasteiger partial charge is 0.416 e. The number of nitrogens with two attached hydrogens (primary N) is 1. The van der Waals surface area contributed by atoms with Crippen molar-refractivity contribution < 1.29 is 40.7 Å². The maximum atomic E-state index is 13.0. The molecule has 1 aliphatic heterocycles. The van der Waals surface area contributed by atoms with Crippen LogP contribution in [0.3, 0.4) is 0 Å². The van der Waals surface area contributed by atoms with Crippen LogP contribution in [0.15, 0.2) is 53.4 Å². The van der Waals surface area contributed by atoms with Crippen LogP contribution in [0.4, 0.5) is 24.5 Å². The molecule has 9 nitrogen and oxygen atoms in total. The van der Waals surface area contributed by atoms with Crippen LogP contribution in [-0.4, -0.2) is 38.9 Å². The van der Waals surface area contributed by atoms with Crippen molar-refractivity contribution in [2.45, 2.75) is 30.5 Å². The molecule has 0 spiro atoms. The second-order valence-electron chi connectivity index (χ2n) is 7.59. The molecule has 182 valence electrons. The van der Waals surface area contributed by atoms with Crippen LogP contribution in [0, 0.1) is 5.92 Å². The summed E-state index contributed by atoms with van der Waals surface area (Å²) in [7, 11) is -3.90. The minimum Gasteiger partial charge on any atom is -0.452 e. The predicted octanol–water partition coefficient (Wildman–Crippen LogP) is 2.28. The Balaban J connectivity index is 1.60. The van der Waals surface area contributed by atoms with Gasteiger partial charge in [-0.1, -0.05) is 6.07 Å². The first-order valence-corrected chi connectivity index (χ1v) is 11.4. The quantitative estimate of drug-likeness (QED) is 0.586. The molecule has 2 aromatic rings. The summed E-state index contributed by atoms with van der Waals surface area (Å²) in [5.41, 5.74) is -0.692. The van der Waals surface area contributed by atoms with E-state index >= 15 is 0 Å². The SMILES string of the molecule is C[C@@H](OC(=O)[C@H]1CC(=O)N(c2cccc(C(F)(F)F)c2)C1)C(=O)Nc1ccc(S(N)(=O)=O)cc1. The zero-order valence-electron chi connectivity index (χ0n) is 17.7. The lowest BCUT2D eigenvalue weighted by atomic mass is 10.1. The number of hydrogen-bond donors (Lipinski definition) is 2. The number of amides is 2. The van der Waals surface area contributed by atoms with E-state index in [4.69, 9.17) is 9.88 Å². The fourth-order valence-corrected chi connectivity index (χ4v) is 3.78. The maximum absolute atomic E-state index is 13.0. The molecular formula is C21H20F3N3O6S. The molecule has 0 bridgehead atoms. The Morgan fingerprint density at radius 1 is 1.18 bits per heavy atom. The summed E-state index contributed by atoms with van der Waals surface area (Å²) in [6.07, 6.45) is -6.12. The van der Waals surface area contributed by atoms with E-state index in [0.29, 0.717) is 0 Å². The lowest BCUT2D eigenvalue weighted by Crippen LogP contribution is -2.33. The van der Waals surface area contributed by atoms with Crippen LogP contribution in [-0.2, 0) is 35.3 Å². The van der Waals surface area contributed by atoms with Crippen LogP contribution in [0.2, 0.25) is 0 Å². The van der Waals surface area contributed by atoms with Gasteiger partial charge in [0.1, 0.15) is 0 Å². The molecule has 1 aliphatic rings. The zero-order valence-corrected chi connectivity index (χ0v) is 18.5. The number of anilines is 2. The van der Waals surface area contributed by atoms with E-state index in [9.17, 15) is 36.0 Å². The number of rotatable bonds is 6. The van der Waals surface area contributed by atoms with Crippen molar-refractivity contribution in [2.24, 2.45) is 11.1 Å². The van der Waals surface area contributed by atoms with E-state index < -0.39 is 51.6 Å². The molecule has 3 N–H and O–H groups in total. The van der Waals surface area contributed by atoms with Gasteiger partial charge in [-0.25, -0.2) is 13.6 Å². The first-order chi connectivity index (χ1) is 15.8. The highest BCUT2D eigenvalue weighted by atomic mass is 32.2. The Hall–Kier alpha value is -3.45. The number of esters is 1. The van der Waals surface area contributed by atoms with Crippen molar-refractivity contribution in [3.05, 3.63) is 54.1 Å². The Bertz CT molecular complexity index is 1220. The van der Waals surface area contributed by atoms with Gasteiger partial charge in [0.15, 0.2) is 6.10 Å². The standard InChI is InChI=1S/C21H20F3N3O6S/c1-12(19(29)26-15-5-7-17(8-6-15)34(25,31)32)33-20(30)13-9-18(28)27(11-13)16-4-2-3-14(10-16)21(22,23)24/h2-8,10,12-13H,9,11H2,1H3,(H,26,29)(H2,25,31,32)/t12-,13+/m1/s1. The largest absolute Gasteiger partial charge is 0.452 e. The first kappa shape index (κ1) is 25.2. The number of hydrogen-bond acceptors (Lipinski definition) is 6. The van der Waals surface area contributed by atoms with E-state index in [1.165, 1.54) is 43.3 Å². The molecule has 1 fully saturated rings. The van der Waals surface area contributed by atoms with E-state index in [0.717, 1.165) is 17.0 Å². The van der Waals surface area contributed by atoms with Crippen LogP contribution in [0.25, 0.3) is 0 Å². The molecule has 34 heavy (non-hydrogen) atoms. The summed E-state index contributed by atoms with van der Waals surface area (Å²) in [5, 5.41) is 7.45. The third kappa shape index (κ3) is 5.91. The molecule has 13 heteroatoms. The summed E-state index contributed by atoms with van der Waals surface area (Å²) < 4.78 is 66.5. The molecular weight excluding hydrogens is 479 g/mol. The average Bonchev–Trinajstić information content (AvgIpc) is 3.14. The van der Waals surface area contributed by atoms with Crippen LogP contribution >= 0.6 is 0 Å². The van der Waals surface area contributed by atoms with Gasteiger partial charge in [0, 0.05) is 24.3 Å². The lowest BCUT2D eigenvalue weighted by molar-refractivity contribution is -0.157. The predicted molar refractivity (Wildman–Crippen MR) is 114 cm³/mol. The number of ether oxygens (including phenoxy) is 1. The number of carbonyl (C=O) groups is 3. The summed E-state index contributed by atoms with van der Waals surface area (Å²) in [4.78, 5) is 38.0. The molecule has 0 radical (unpaired) electrons. The monoisotopic (exact) mass is 499 g/mol. The minimum atomic E-state index is -4.58. The number of nitrogens with one attached hydrogen (secondary N) is 1. The Morgan fingerprint density at radius 2 is 1.82 bits per heavy atom. The van der Waals surface area contributed by atoms with Gasteiger partial charge in [-0.2, -0.15) is 13.2 Å². The van der Waals surface area contributed by atoms with Crippen LogP contribution < -0.4 is 15.4 Å². The van der Waals surface area contributed by atoms with Crippen molar-refractivity contribution in [2.75, 3.05) is 16.8 Å². The molecule has 0 aromatic heterocycles. The normalized spacial score (nSPS) is 17.4. The molecule has 0 saturated carbocycles. The number of sulfonamides is 1. The zero-order chi connectivity index (χ0) is 25.3. The van der Waals surface area contributed by atoms with Gasteiger partial charge < -0.3 is 15.0 Å². The first-order valence-electron chi connectivity index (χ1n) is 9.87. The van der Waals surface area contributed by atoms with Crippen LogP contribution in [0.1, 0.15) is 18.9 Å². The number of carbonyl (C=O) groups excluding carboxylic acids is 3. The molecule has 0 unspecified atom stereocenters. The molecule has 0 aliphatic carbocycles. The number of halogens is 3. The fourth-order valence-electron chi connectivity index (χ4n) is 3.26. The van der Waals surface area contributed by atoms with Gasteiger partial charge in [0.2, 0.25) is 15.9 Å². The third-order valence-electron chi connectivity index (χ3n) is 5.06. The molecule has 2 aromatic carbocycles.